The van der Waals surface area contributed by atoms with Gasteiger partial charge in [-0.3, -0.25) is 4.79 Å². The van der Waals surface area contributed by atoms with Crippen LogP contribution in [0.5, 0.6) is 0 Å². The van der Waals surface area contributed by atoms with Gasteiger partial charge in [0.05, 0.1) is 11.4 Å². The topological polar surface area (TPSA) is 75.3 Å². The number of carbonyl (C=O) groups excluding carboxylic acids is 1. The zero-order chi connectivity index (χ0) is 14.3. The van der Waals surface area contributed by atoms with Crippen LogP contribution in [0, 0.1) is 12.3 Å². The molecule has 0 heterocycles. The molecule has 0 fully saturated rings. The second-order valence-corrected chi connectivity index (χ2v) is 5.79. The van der Waals surface area contributed by atoms with E-state index in [1.165, 1.54) is 24.3 Å². The third-order valence-corrected chi connectivity index (χ3v) is 3.88. The zero-order valence-corrected chi connectivity index (χ0v) is 11.6. The van der Waals surface area contributed by atoms with Gasteiger partial charge in [0.25, 0.3) is 0 Å². The van der Waals surface area contributed by atoms with Crippen LogP contribution in [0.25, 0.3) is 0 Å². The van der Waals surface area contributed by atoms with Crippen LogP contribution >= 0.6 is 11.6 Å². The van der Waals surface area contributed by atoms with E-state index >= 15 is 0 Å². The summed E-state index contributed by atoms with van der Waals surface area (Å²) in [6, 6.07) is 5.75. The largest absolute Gasteiger partial charge is 0.345 e. The van der Waals surface area contributed by atoms with Crippen LogP contribution in [0.15, 0.2) is 29.2 Å². The third-order valence-electron chi connectivity index (χ3n) is 2.16. The standard InChI is InChI=1S/C12H13ClN2O3S/c1-2-8-14-12(16)7-9-15-19(17,18)11-5-3-10(13)4-6-11/h1,3-6,15H,7-9H2,(H,14,16). The van der Waals surface area contributed by atoms with Crippen molar-refractivity contribution >= 4 is 27.5 Å². The summed E-state index contributed by atoms with van der Waals surface area (Å²) in [4.78, 5) is 11.3. The van der Waals surface area contributed by atoms with E-state index in [4.69, 9.17) is 18.0 Å². The zero-order valence-electron chi connectivity index (χ0n) is 10.0. The van der Waals surface area contributed by atoms with E-state index in [9.17, 15) is 13.2 Å². The third kappa shape index (κ3) is 5.30. The van der Waals surface area contributed by atoms with Crippen LogP contribution in [0.2, 0.25) is 5.02 Å². The first kappa shape index (κ1) is 15.5. The molecule has 0 atom stereocenters. The summed E-state index contributed by atoms with van der Waals surface area (Å²) in [5.74, 6) is 1.94. The Labute approximate surface area is 117 Å². The van der Waals surface area contributed by atoms with Gasteiger partial charge >= 0.3 is 0 Å². The van der Waals surface area contributed by atoms with Crippen LogP contribution in [-0.4, -0.2) is 27.4 Å². The smallest absolute Gasteiger partial charge is 0.240 e. The number of nitrogens with one attached hydrogen (secondary N) is 2. The molecule has 1 aromatic carbocycles. The molecule has 102 valence electrons. The number of carbonyl (C=O) groups is 1. The van der Waals surface area contributed by atoms with Crippen LogP contribution in [-0.2, 0) is 14.8 Å². The molecule has 1 aromatic rings. The normalized spacial score (nSPS) is 10.7. The van der Waals surface area contributed by atoms with Gasteiger partial charge in [-0.15, -0.1) is 6.42 Å². The number of amides is 1. The summed E-state index contributed by atoms with van der Waals surface area (Å²) >= 11 is 5.67. The van der Waals surface area contributed by atoms with Crippen molar-refractivity contribution in [2.24, 2.45) is 0 Å². The van der Waals surface area contributed by atoms with Gasteiger partial charge < -0.3 is 5.32 Å². The van der Waals surface area contributed by atoms with Crippen molar-refractivity contribution in [2.45, 2.75) is 11.3 Å². The first-order chi connectivity index (χ1) is 8.95. The molecule has 0 aromatic heterocycles. The molecule has 0 saturated carbocycles. The number of benzene rings is 1. The molecule has 5 nitrogen and oxygen atoms in total. The average Bonchev–Trinajstić information content (AvgIpc) is 2.36. The van der Waals surface area contributed by atoms with Crippen LogP contribution in [0.1, 0.15) is 6.42 Å². The molecular formula is C12H13ClN2O3S. The summed E-state index contributed by atoms with van der Waals surface area (Å²) in [6.07, 6.45) is 5.00. The minimum absolute atomic E-state index is 0.00135. The van der Waals surface area contributed by atoms with Crippen molar-refractivity contribution in [2.75, 3.05) is 13.1 Å². The van der Waals surface area contributed by atoms with Gasteiger partial charge in [0.1, 0.15) is 0 Å². The van der Waals surface area contributed by atoms with E-state index in [1.54, 1.807) is 0 Å². The lowest BCUT2D eigenvalue weighted by Gasteiger charge is -2.06. The van der Waals surface area contributed by atoms with E-state index in [0.29, 0.717) is 5.02 Å². The number of sulfonamides is 1. The fourth-order valence-electron chi connectivity index (χ4n) is 1.23. The van der Waals surface area contributed by atoms with E-state index in [1.807, 2.05) is 0 Å². The molecule has 2 N–H and O–H groups in total. The molecule has 19 heavy (non-hydrogen) atoms. The van der Waals surface area contributed by atoms with E-state index in [2.05, 4.69) is 16.0 Å². The Hall–Kier alpha value is -1.55. The lowest BCUT2D eigenvalue weighted by Crippen LogP contribution is -2.30. The van der Waals surface area contributed by atoms with E-state index in [-0.39, 0.29) is 30.3 Å². The summed E-state index contributed by atoms with van der Waals surface area (Å²) in [7, 11) is -3.62. The van der Waals surface area contributed by atoms with Crippen LogP contribution < -0.4 is 10.0 Å². The van der Waals surface area contributed by atoms with Crippen molar-refractivity contribution in [1.29, 1.82) is 0 Å². The Morgan fingerprint density at radius 2 is 1.95 bits per heavy atom. The van der Waals surface area contributed by atoms with Crippen molar-refractivity contribution in [1.82, 2.24) is 10.0 Å². The monoisotopic (exact) mass is 300 g/mol. The number of rotatable bonds is 6. The Morgan fingerprint density at radius 1 is 1.32 bits per heavy atom. The maximum atomic E-state index is 11.8. The second kappa shape index (κ2) is 7.14. The number of halogens is 1. The fraction of sp³-hybridized carbons (Fsp3) is 0.250. The fourth-order valence-corrected chi connectivity index (χ4v) is 2.39. The van der Waals surface area contributed by atoms with Crippen molar-refractivity contribution in [3.8, 4) is 12.3 Å². The molecule has 0 aliphatic carbocycles. The highest BCUT2D eigenvalue weighted by atomic mass is 35.5. The molecule has 0 saturated heterocycles. The van der Waals surface area contributed by atoms with Gasteiger partial charge in [0.2, 0.25) is 15.9 Å². The van der Waals surface area contributed by atoms with Gasteiger partial charge in [0.15, 0.2) is 0 Å². The maximum absolute atomic E-state index is 11.8. The van der Waals surface area contributed by atoms with Gasteiger partial charge in [-0.1, -0.05) is 17.5 Å². The minimum atomic E-state index is -3.62. The van der Waals surface area contributed by atoms with Gasteiger partial charge in [-0.2, -0.15) is 0 Å². The van der Waals surface area contributed by atoms with E-state index in [0.717, 1.165) is 0 Å². The molecule has 0 unspecified atom stereocenters. The lowest BCUT2D eigenvalue weighted by atomic mass is 10.4. The summed E-state index contributed by atoms with van der Waals surface area (Å²) in [5.41, 5.74) is 0. The van der Waals surface area contributed by atoms with Crippen molar-refractivity contribution in [3.05, 3.63) is 29.3 Å². The molecule has 0 radical (unpaired) electrons. The molecule has 7 heteroatoms. The van der Waals surface area contributed by atoms with E-state index < -0.39 is 10.0 Å². The Bertz CT molecular complexity index is 576. The van der Waals surface area contributed by atoms with Crippen molar-refractivity contribution < 1.29 is 13.2 Å². The highest BCUT2D eigenvalue weighted by Gasteiger charge is 2.13. The predicted molar refractivity (Wildman–Crippen MR) is 73.1 cm³/mol. The first-order valence-corrected chi connectivity index (χ1v) is 7.27. The highest BCUT2D eigenvalue weighted by molar-refractivity contribution is 7.89. The molecule has 0 bridgehead atoms. The molecule has 1 rings (SSSR count). The Morgan fingerprint density at radius 3 is 2.53 bits per heavy atom. The predicted octanol–water partition coefficient (Wildman–Crippen LogP) is 0.758. The van der Waals surface area contributed by atoms with Gasteiger partial charge in [-0.05, 0) is 24.3 Å². The van der Waals surface area contributed by atoms with Gasteiger partial charge in [0, 0.05) is 18.0 Å². The number of hydrogen-bond donors (Lipinski definition) is 2. The Kier molecular flexibility index (Phi) is 5.83. The molecule has 0 spiro atoms. The lowest BCUT2D eigenvalue weighted by molar-refractivity contribution is -0.120. The first-order valence-electron chi connectivity index (χ1n) is 5.41. The summed E-state index contributed by atoms with van der Waals surface area (Å²) < 4.78 is 26.0. The molecule has 0 aliphatic rings. The molecule has 0 aliphatic heterocycles. The minimum Gasteiger partial charge on any atom is -0.345 e. The van der Waals surface area contributed by atoms with Crippen molar-refractivity contribution in [3.63, 3.8) is 0 Å². The van der Waals surface area contributed by atoms with Crippen LogP contribution in [0.4, 0.5) is 0 Å². The number of terminal acetylenes is 1. The highest BCUT2D eigenvalue weighted by Crippen LogP contribution is 2.13. The number of hydrogen-bond acceptors (Lipinski definition) is 3. The molecule has 1 amide bonds. The Balaban J connectivity index is 2.50. The quantitative estimate of drug-likeness (QED) is 0.762. The maximum Gasteiger partial charge on any atom is 0.240 e. The summed E-state index contributed by atoms with van der Waals surface area (Å²) in [6.45, 7) is 0.129. The summed E-state index contributed by atoms with van der Waals surface area (Å²) in [5, 5.41) is 2.89. The second-order valence-electron chi connectivity index (χ2n) is 3.58. The van der Waals surface area contributed by atoms with Gasteiger partial charge in [-0.25, -0.2) is 13.1 Å². The average molecular weight is 301 g/mol. The van der Waals surface area contributed by atoms with Crippen LogP contribution in [0.3, 0.4) is 0 Å². The molecular weight excluding hydrogens is 288 g/mol. The SMILES string of the molecule is C#CCNC(=O)CCNS(=O)(=O)c1ccc(Cl)cc1.